The van der Waals surface area contributed by atoms with Crippen molar-refractivity contribution in [2.45, 2.75) is 4.90 Å². The van der Waals surface area contributed by atoms with E-state index in [9.17, 15) is 17.6 Å². The van der Waals surface area contributed by atoms with Crippen LogP contribution in [0, 0.1) is 5.82 Å². The number of carbonyl (C=O) groups is 1. The number of ether oxygens (including phenoxy) is 1. The maximum atomic E-state index is 13.9. The number of hydrogen-bond acceptors (Lipinski definition) is 4. The molecule has 0 spiro atoms. The molecule has 0 unspecified atom stereocenters. The van der Waals surface area contributed by atoms with Gasteiger partial charge >= 0.3 is 0 Å². The van der Waals surface area contributed by atoms with Gasteiger partial charge in [-0.25, -0.2) is 17.9 Å². The second-order valence-corrected chi connectivity index (χ2v) is 6.00. The fourth-order valence-corrected chi connectivity index (χ4v) is 2.56. The molecule has 1 aromatic rings. The third-order valence-corrected chi connectivity index (χ3v) is 3.51. The molecule has 0 radical (unpaired) electrons. The van der Waals surface area contributed by atoms with Gasteiger partial charge in [-0.15, -0.1) is 0 Å². The van der Waals surface area contributed by atoms with Crippen LogP contribution in [0.15, 0.2) is 21.5 Å². The number of nitrogens with two attached hydrogens (primary N) is 1. The molecule has 0 fully saturated rings. The molecule has 1 aromatic carbocycles. The molecule has 1 rings (SSSR count). The Bertz CT molecular complexity index is 591. The third kappa shape index (κ3) is 4.23. The van der Waals surface area contributed by atoms with Gasteiger partial charge in [0.05, 0.1) is 12.2 Å². The first kappa shape index (κ1) is 16.0. The third-order valence-electron chi connectivity index (χ3n) is 2.15. The Morgan fingerprint density at radius 2 is 2.16 bits per heavy atom. The second-order valence-electron chi connectivity index (χ2n) is 3.56. The van der Waals surface area contributed by atoms with Crippen LogP contribution in [0.4, 0.5) is 4.39 Å². The maximum Gasteiger partial charge on any atom is 0.254 e. The SMILES string of the molecule is COCCNC(=O)c1cc(Br)cc(S(N)(=O)=O)c1F. The first-order valence-corrected chi connectivity index (χ1v) is 7.40. The van der Waals surface area contributed by atoms with Gasteiger partial charge in [-0.1, -0.05) is 15.9 Å². The smallest absolute Gasteiger partial charge is 0.254 e. The highest BCUT2D eigenvalue weighted by Crippen LogP contribution is 2.23. The monoisotopic (exact) mass is 354 g/mol. The van der Waals surface area contributed by atoms with E-state index in [-0.39, 0.29) is 17.6 Å². The Morgan fingerprint density at radius 1 is 1.53 bits per heavy atom. The molecule has 3 N–H and O–H groups in total. The zero-order valence-corrected chi connectivity index (χ0v) is 12.3. The van der Waals surface area contributed by atoms with Gasteiger partial charge in [0.2, 0.25) is 10.0 Å². The van der Waals surface area contributed by atoms with Crippen LogP contribution >= 0.6 is 15.9 Å². The Balaban J connectivity index is 3.15. The van der Waals surface area contributed by atoms with Crippen LogP contribution in [0.2, 0.25) is 0 Å². The lowest BCUT2D eigenvalue weighted by atomic mass is 10.2. The van der Waals surface area contributed by atoms with E-state index in [4.69, 9.17) is 9.88 Å². The molecule has 106 valence electrons. The van der Waals surface area contributed by atoms with E-state index in [1.807, 2.05) is 0 Å². The average Bonchev–Trinajstić information content (AvgIpc) is 2.30. The quantitative estimate of drug-likeness (QED) is 0.756. The van der Waals surface area contributed by atoms with Gasteiger partial charge in [-0.3, -0.25) is 4.79 Å². The number of nitrogens with one attached hydrogen (secondary N) is 1. The van der Waals surface area contributed by atoms with Gasteiger partial charge < -0.3 is 10.1 Å². The van der Waals surface area contributed by atoms with Crippen molar-refractivity contribution in [2.75, 3.05) is 20.3 Å². The number of amides is 1. The van der Waals surface area contributed by atoms with Gasteiger partial charge in [0.25, 0.3) is 5.91 Å². The molecule has 9 heteroatoms. The summed E-state index contributed by atoms with van der Waals surface area (Å²) in [6.45, 7) is 0.426. The predicted molar refractivity (Wildman–Crippen MR) is 69.7 cm³/mol. The minimum atomic E-state index is -4.25. The molecule has 0 saturated carbocycles. The van der Waals surface area contributed by atoms with E-state index < -0.39 is 32.2 Å². The minimum Gasteiger partial charge on any atom is -0.383 e. The first-order valence-electron chi connectivity index (χ1n) is 5.06. The van der Waals surface area contributed by atoms with Crippen LogP contribution < -0.4 is 10.5 Å². The number of sulfonamides is 1. The summed E-state index contributed by atoms with van der Waals surface area (Å²) in [5.74, 6) is -1.93. The molecule has 0 atom stereocenters. The van der Waals surface area contributed by atoms with Gasteiger partial charge in [-0.05, 0) is 12.1 Å². The van der Waals surface area contributed by atoms with Crippen molar-refractivity contribution < 1.29 is 22.3 Å². The number of halogens is 2. The normalized spacial score (nSPS) is 11.4. The fourth-order valence-electron chi connectivity index (χ4n) is 1.30. The lowest BCUT2D eigenvalue weighted by Gasteiger charge is -2.09. The van der Waals surface area contributed by atoms with E-state index in [1.165, 1.54) is 13.2 Å². The van der Waals surface area contributed by atoms with E-state index in [0.717, 1.165) is 6.07 Å². The minimum absolute atomic E-state index is 0.173. The lowest BCUT2D eigenvalue weighted by molar-refractivity contribution is 0.0932. The van der Waals surface area contributed by atoms with Crippen molar-refractivity contribution in [3.05, 3.63) is 28.0 Å². The Morgan fingerprint density at radius 3 is 2.68 bits per heavy atom. The van der Waals surface area contributed by atoms with E-state index >= 15 is 0 Å². The fraction of sp³-hybridized carbons (Fsp3) is 0.300. The molecule has 0 aliphatic heterocycles. The molecular formula is C10H12BrFN2O4S. The van der Waals surface area contributed by atoms with Crippen LogP contribution in [0.25, 0.3) is 0 Å². The van der Waals surface area contributed by atoms with Crippen LogP contribution in [0.5, 0.6) is 0 Å². The Hall–Kier alpha value is -1.03. The highest BCUT2D eigenvalue weighted by Gasteiger charge is 2.22. The van der Waals surface area contributed by atoms with E-state index in [2.05, 4.69) is 21.2 Å². The lowest BCUT2D eigenvalue weighted by Crippen LogP contribution is -2.28. The predicted octanol–water partition coefficient (Wildman–Crippen LogP) is 0.612. The highest BCUT2D eigenvalue weighted by molar-refractivity contribution is 9.10. The zero-order valence-electron chi connectivity index (χ0n) is 9.94. The number of benzene rings is 1. The number of rotatable bonds is 5. The summed E-state index contributed by atoms with van der Waals surface area (Å²) in [6.07, 6.45) is 0. The Kier molecular flexibility index (Phi) is 5.41. The standard InChI is InChI=1S/C10H12BrFN2O4S/c1-18-3-2-14-10(15)7-4-6(11)5-8(9(7)12)19(13,16)17/h4-5H,2-3H2,1H3,(H,14,15)(H2,13,16,17). The van der Waals surface area contributed by atoms with Crippen LogP contribution in [-0.2, 0) is 14.8 Å². The van der Waals surface area contributed by atoms with Gasteiger partial charge in [0.15, 0.2) is 5.82 Å². The summed E-state index contributed by atoms with van der Waals surface area (Å²) in [5, 5.41) is 7.26. The number of methoxy groups -OCH3 is 1. The molecule has 19 heavy (non-hydrogen) atoms. The highest BCUT2D eigenvalue weighted by atomic mass is 79.9. The number of hydrogen-bond donors (Lipinski definition) is 2. The summed E-state index contributed by atoms with van der Waals surface area (Å²) in [5.41, 5.74) is -0.408. The zero-order chi connectivity index (χ0) is 14.6. The van der Waals surface area contributed by atoms with Crippen molar-refractivity contribution in [1.29, 1.82) is 0 Å². The average molecular weight is 355 g/mol. The van der Waals surface area contributed by atoms with E-state index in [0.29, 0.717) is 0 Å². The number of primary sulfonamides is 1. The first-order chi connectivity index (χ1) is 8.77. The molecule has 0 aliphatic carbocycles. The van der Waals surface area contributed by atoms with Crippen molar-refractivity contribution in [3.63, 3.8) is 0 Å². The second kappa shape index (κ2) is 6.42. The number of carbonyl (C=O) groups excluding carboxylic acids is 1. The van der Waals surface area contributed by atoms with Crippen LogP contribution in [0.3, 0.4) is 0 Å². The molecule has 0 aliphatic rings. The molecule has 0 heterocycles. The van der Waals surface area contributed by atoms with Crippen LogP contribution in [0.1, 0.15) is 10.4 Å². The molecule has 6 nitrogen and oxygen atoms in total. The molecule has 0 saturated heterocycles. The van der Waals surface area contributed by atoms with Crippen molar-refractivity contribution >= 4 is 31.9 Å². The molecular weight excluding hydrogens is 343 g/mol. The van der Waals surface area contributed by atoms with Crippen molar-refractivity contribution in [3.8, 4) is 0 Å². The topological polar surface area (TPSA) is 98.5 Å². The van der Waals surface area contributed by atoms with Gasteiger partial charge in [-0.2, -0.15) is 0 Å². The molecule has 0 bridgehead atoms. The largest absolute Gasteiger partial charge is 0.383 e. The summed E-state index contributed by atoms with van der Waals surface area (Å²) in [6, 6.07) is 2.17. The molecule has 1 amide bonds. The van der Waals surface area contributed by atoms with Crippen LogP contribution in [-0.4, -0.2) is 34.6 Å². The van der Waals surface area contributed by atoms with Gasteiger partial charge in [0, 0.05) is 18.1 Å². The maximum absolute atomic E-state index is 13.9. The summed E-state index contributed by atoms with van der Waals surface area (Å²) in [7, 11) is -2.80. The summed E-state index contributed by atoms with van der Waals surface area (Å²) in [4.78, 5) is 11.0. The molecule has 0 aromatic heterocycles. The van der Waals surface area contributed by atoms with E-state index in [1.54, 1.807) is 0 Å². The summed E-state index contributed by atoms with van der Waals surface area (Å²) < 4.78 is 41.3. The van der Waals surface area contributed by atoms with Crippen molar-refractivity contribution in [2.24, 2.45) is 5.14 Å². The Labute approximate surface area is 118 Å². The summed E-state index contributed by atoms with van der Waals surface area (Å²) >= 11 is 3.00. The van der Waals surface area contributed by atoms with Crippen molar-refractivity contribution in [1.82, 2.24) is 5.32 Å². The van der Waals surface area contributed by atoms with Gasteiger partial charge in [0.1, 0.15) is 4.90 Å².